The summed E-state index contributed by atoms with van der Waals surface area (Å²) in [6.07, 6.45) is 4.44. The van der Waals surface area contributed by atoms with Crippen molar-refractivity contribution in [2.75, 3.05) is 19.5 Å². The molecule has 0 spiro atoms. The number of aromatic nitrogens is 3. The lowest BCUT2D eigenvalue weighted by atomic mass is 9.97. The van der Waals surface area contributed by atoms with Crippen LogP contribution >= 0.6 is 11.3 Å². The standard InChI is InChI=1S/C21H24N4O4S/c1-4-15(19(26)22-14-11-12(28-2)9-10-16(14)29-3)25-21(27)18-13-7-5-6-8-17(13)30-20(18)23-24-25/h9-11,15H,4-8H2,1-3H3,(H,22,26). The summed E-state index contributed by atoms with van der Waals surface area (Å²) < 4.78 is 11.8. The van der Waals surface area contributed by atoms with Crippen LogP contribution in [0.3, 0.4) is 0 Å². The van der Waals surface area contributed by atoms with Crippen molar-refractivity contribution in [1.82, 2.24) is 15.0 Å². The third-order valence-electron chi connectivity index (χ3n) is 5.46. The molecule has 158 valence electrons. The van der Waals surface area contributed by atoms with Crippen molar-refractivity contribution < 1.29 is 14.3 Å². The van der Waals surface area contributed by atoms with Gasteiger partial charge in [0.25, 0.3) is 5.56 Å². The van der Waals surface area contributed by atoms with E-state index in [1.54, 1.807) is 36.6 Å². The maximum Gasteiger partial charge on any atom is 0.279 e. The molecule has 9 heteroatoms. The largest absolute Gasteiger partial charge is 0.497 e. The van der Waals surface area contributed by atoms with Crippen LogP contribution in [0.25, 0.3) is 10.2 Å². The third-order valence-corrected chi connectivity index (χ3v) is 6.63. The molecule has 3 aromatic rings. The Labute approximate surface area is 177 Å². The van der Waals surface area contributed by atoms with Crippen LogP contribution in [0.5, 0.6) is 11.5 Å². The number of methoxy groups -OCH3 is 2. The fourth-order valence-electron chi connectivity index (χ4n) is 3.89. The Morgan fingerprint density at radius 2 is 2.07 bits per heavy atom. The summed E-state index contributed by atoms with van der Waals surface area (Å²) in [7, 11) is 3.08. The lowest BCUT2D eigenvalue weighted by Crippen LogP contribution is -2.35. The van der Waals surface area contributed by atoms with Gasteiger partial charge in [0.2, 0.25) is 5.91 Å². The van der Waals surface area contributed by atoms with Crippen LogP contribution < -0.4 is 20.3 Å². The molecule has 1 amide bonds. The molecule has 0 bridgehead atoms. The molecule has 1 aliphatic carbocycles. The third kappa shape index (κ3) is 3.54. The summed E-state index contributed by atoms with van der Waals surface area (Å²) in [4.78, 5) is 28.3. The van der Waals surface area contributed by atoms with Gasteiger partial charge in [-0.15, -0.1) is 16.4 Å². The molecular weight excluding hydrogens is 404 g/mol. The smallest absolute Gasteiger partial charge is 0.279 e. The molecule has 4 rings (SSSR count). The van der Waals surface area contributed by atoms with E-state index in [0.717, 1.165) is 31.2 Å². The van der Waals surface area contributed by atoms with Crippen molar-refractivity contribution in [3.8, 4) is 11.5 Å². The summed E-state index contributed by atoms with van der Waals surface area (Å²) >= 11 is 1.54. The number of nitrogens with zero attached hydrogens (tertiary/aromatic N) is 3. The number of aryl methyl sites for hydroxylation is 2. The van der Waals surface area contributed by atoms with Crippen LogP contribution in [-0.4, -0.2) is 35.1 Å². The lowest BCUT2D eigenvalue weighted by molar-refractivity contribution is -0.119. The van der Waals surface area contributed by atoms with E-state index in [1.165, 1.54) is 16.7 Å². The minimum atomic E-state index is -0.788. The van der Waals surface area contributed by atoms with E-state index in [9.17, 15) is 9.59 Å². The number of hydrogen-bond acceptors (Lipinski definition) is 7. The average Bonchev–Trinajstić information content (AvgIpc) is 3.15. The fourth-order valence-corrected chi connectivity index (χ4v) is 5.08. The van der Waals surface area contributed by atoms with Gasteiger partial charge in [-0.2, -0.15) is 4.68 Å². The van der Waals surface area contributed by atoms with Crippen molar-refractivity contribution in [3.05, 3.63) is 39.0 Å². The molecule has 1 aliphatic rings. The lowest BCUT2D eigenvalue weighted by Gasteiger charge is -2.18. The maximum absolute atomic E-state index is 13.3. The molecular formula is C21H24N4O4S. The Morgan fingerprint density at radius 1 is 1.27 bits per heavy atom. The van der Waals surface area contributed by atoms with E-state index in [1.807, 2.05) is 6.92 Å². The second-order valence-corrected chi connectivity index (χ2v) is 8.29. The van der Waals surface area contributed by atoms with E-state index >= 15 is 0 Å². The Morgan fingerprint density at radius 3 is 2.80 bits per heavy atom. The zero-order valence-corrected chi connectivity index (χ0v) is 18.0. The minimum Gasteiger partial charge on any atom is -0.497 e. The van der Waals surface area contributed by atoms with Crippen LogP contribution in [0.2, 0.25) is 0 Å². The van der Waals surface area contributed by atoms with E-state index in [-0.39, 0.29) is 11.5 Å². The predicted octanol–water partition coefficient (Wildman–Crippen LogP) is 3.34. The maximum atomic E-state index is 13.3. The van der Waals surface area contributed by atoms with Gasteiger partial charge in [-0.05, 0) is 49.8 Å². The van der Waals surface area contributed by atoms with Gasteiger partial charge in [-0.3, -0.25) is 9.59 Å². The number of fused-ring (bicyclic) bond motifs is 3. The highest BCUT2D eigenvalue weighted by atomic mass is 32.1. The highest BCUT2D eigenvalue weighted by Gasteiger charge is 2.26. The first-order valence-corrected chi connectivity index (χ1v) is 10.8. The molecule has 1 unspecified atom stereocenters. The number of rotatable bonds is 6. The number of amides is 1. The number of ether oxygens (including phenoxy) is 2. The van der Waals surface area contributed by atoms with Crippen molar-refractivity contribution in [1.29, 1.82) is 0 Å². The van der Waals surface area contributed by atoms with E-state index in [2.05, 4.69) is 15.6 Å². The summed E-state index contributed by atoms with van der Waals surface area (Å²) in [6.45, 7) is 1.84. The number of anilines is 1. The molecule has 0 aliphatic heterocycles. The summed E-state index contributed by atoms with van der Waals surface area (Å²) in [5.41, 5.74) is 1.30. The summed E-state index contributed by atoms with van der Waals surface area (Å²) in [6, 6.07) is 4.35. The van der Waals surface area contributed by atoms with Gasteiger partial charge in [0, 0.05) is 10.9 Å². The van der Waals surface area contributed by atoms with Gasteiger partial charge >= 0.3 is 0 Å². The quantitative estimate of drug-likeness (QED) is 0.647. The monoisotopic (exact) mass is 428 g/mol. The molecule has 0 fully saturated rings. The number of benzene rings is 1. The number of carbonyl (C=O) groups excluding carboxylic acids is 1. The first kappa shape index (κ1) is 20.3. The Bertz CT molecular complexity index is 1150. The van der Waals surface area contributed by atoms with Gasteiger partial charge in [0.15, 0.2) is 4.83 Å². The van der Waals surface area contributed by atoms with Gasteiger partial charge in [0.05, 0.1) is 25.3 Å². The van der Waals surface area contributed by atoms with Crippen LogP contribution in [0.4, 0.5) is 5.69 Å². The molecule has 1 atom stereocenters. The Balaban J connectivity index is 1.70. The molecule has 0 saturated heterocycles. The van der Waals surface area contributed by atoms with E-state index in [4.69, 9.17) is 9.47 Å². The molecule has 30 heavy (non-hydrogen) atoms. The molecule has 0 radical (unpaired) electrons. The second-order valence-electron chi connectivity index (χ2n) is 7.21. The van der Waals surface area contributed by atoms with Gasteiger partial charge in [-0.25, -0.2) is 0 Å². The van der Waals surface area contributed by atoms with Crippen LogP contribution in [0, 0.1) is 0 Å². The predicted molar refractivity (Wildman–Crippen MR) is 116 cm³/mol. The summed E-state index contributed by atoms with van der Waals surface area (Å²) in [5, 5.41) is 11.8. The zero-order valence-electron chi connectivity index (χ0n) is 17.2. The fraction of sp³-hybridized carbons (Fsp3) is 0.429. The van der Waals surface area contributed by atoms with E-state index < -0.39 is 6.04 Å². The first-order valence-electron chi connectivity index (χ1n) is 10.00. The average molecular weight is 429 g/mol. The summed E-state index contributed by atoms with van der Waals surface area (Å²) in [5.74, 6) is 0.728. The van der Waals surface area contributed by atoms with Crippen molar-refractivity contribution in [2.45, 2.75) is 45.1 Å². The number of thiophene rings is 1. The normalized spacial score (nSPS) is 14.2. The van der Waals surface area contributed by atoms with E-state index in [0.29, 0.717) is 33.8 Å². The highest BCUT2D eigenvalue weighted by molar-refractivity contribution is 7.18. The van der Waals surface area contributed by atoms with Crippen LogP contribution in [-0.2, 0) is 17.6 Å². The van der Waals surface area contributed by atoms with Crippen molar-refractivity contribution >= 4 is 33.1 Å². The first-order chi connectivity index (χ1) is 14.6. The Hall–Kier alpha value is -2.94. The zero-order chi connectivity index (χ0) is 21.3. The van der Waals surface area contributed by atoms with Crippen molar-refractivity contribution in [2.24, 2.45) is 0 Å². The van der Waals surface area contributed by atoms with Gasteiger partial charge in [0.1, 0.15) is 17.5 Å². The van der Waals surface area contributed by atoms with Crippen LogP contribution in [0.1, 0.15) is 42.7 Å². The molecule has 0 saturated carbocycles. The van der Waals surface area contributed by atoms with Crippen LogP contribution in [0.15, 0.2) is 23.0 Å². The Kier molecular flexibility index (Phi) is 5.72. The molecule has 1 N–H and O–H groups in total. The second kappa shape index (κ2) is 8.43. The molecule has 1 aromatic carbocycles. The number of hydrogen-bond donors (Lipinski definition) is 1. The van der Waals surface area contributed by atoms with Gasteiger partial charge in [-0.1, -0.05) is 12.1 Å². The topological polar surface area (TPSA) is 95.3 Å². The highest BCUT2D eigenvalue weighted by Crippen LogP contribution is 2.34. The van der Waals surface area contributed by atoms with Gasteiger partial charge < -0.3 is 14.8 Å². The molecule has 2 heterocycles. The SMILES string of the molecule is CCC(C(=O)Nc1cc(OC)ccc1OC)n1nnc2sc3c(c2c1=O)CCCC3. The number of carbonyl (C=O) groups is 1. The molecule has 8 nitrogen and oxygen atoms in total. The molecule has 2 aromatic heterocycles. The number of nitrogens with one attached hydrogen (secondary N) is 1. The van der Waals surface area contributed by atoms with Crippen molar-refractivity contribution in [3.63, 3.8) is 0 Å². The minimum absolute atomic E-state index is 0.251.